The average molecular weight is 238 g/mol. The minimum absolute atomic E-state index is 0.750. The van der Waals surface area contributed by atoms with Crippen LogP contribution >= 0.6 is 39.0 Å². The highest BCUT2D eigenvalue weighted by atomic mass is 79.9. The molecule has 0 aliphatic rings. The second kappa shape index (κ2) is 4.38. The van der Waals surface area contributed by atoms with Gasteiger partial charge in [0.1, 0.15) is 0 Å². The normalized spacial score (nSPS) is 10.2. The fourth-order valence-corrected chi connectivity index (χ4v) is 3.21. The highest BCUT2D eigenvalue weighted by Crippen LogP contribution is 2.29. The molecule has 1 nitrogen and oxygen atoms in total. The maximum absolute atomic E-state index is 5.36. The molecule has 0 saturated carbocycles. The van der Waals surface area contributed by atoms with Crippen LogP contribution in [0, 0.1) is 0 Å². The molecule has 0 bridgehead atoms. The van der Waals surface area contributed by atoms with E-state index >= 15 is 0 Å². The Morgan fingerprint density at radius 3 is 2.90 bits per heavy atom. The summed E-state index contributed by atoms with van der Waals surface area (Å²) in [5.41, 5.74) is 5.36. The molecule has 0 atom stereocenters. The summed E-state index contributed by atoms with van der Waals surface area (Å²) >= 11 is 6.95. The van der Waals surface area contributed by atoms with Gasteiger partial charge in [-0.3, -0.25) is 0 Å². The molecule has 0 aliphatic heterocycles. The van der Waals surface area contributed by atoms with Crippen molar-refractivity contribution in [1.82, 2.24) is 0 Å². The summed E-state index contributed by atoms with van der Waals surface area (Å²) in [6, 6.07) is 4.17. The Morgan fingerprint density at radius 1 is 1.60 bits per heavy atom. The minimum atomic E-state index is 0.750. The van der Waals surface area contributed by atoms with Gasteiger partial charge in [-0.05, 0) is 28.1 Å². The molecule has 10 heavy (non-hydrogen) atoms. The van der Waals surface area contributed by atoms with E-state index in [-0.39, 0.29) is 0 Å². The number of rotatable bonds is 3. The maximum atomic E-state index is 5.36. The fraction of sp³-hybridized carbons (Fsp3) is 0.333. The van der Waals surface area contributed by atoms with Gasteiger partial charge in [0, 0.05) is 12.3 Å². The van der Waals surface area contributed by atoms with E-state index in [9.17, 15) is 0 Å². The van der Waals surface area contributed by atoms with Gasteiger partial charge in [-0.2, -0.15) is 0 Å². The van der Waals surface area contributed by atoms with Crippen molar-refractivity contribution < 1.29 is 0 Å². The maximum Gasteiger partial charge on any atom is 0.0710 e. The summed E-state index contributed by atoms with van der Waals surface area (Å²) in [5, 5.41) is 0. The molecular weight excluding hydrogens is 230 g/mol. The Hall–Kier alpha value is 0.490. The molecule has 0 aromatic carbocycles. The van der Waals surface area contributed by atoms with Gasteiger partial charge >= 0.3 is 0 Å². The van der Waals surface area contributed by atoms with E-state index in [4.69, 9.17) is 5.73 Å². The highest BCUT2D eigenvalue weighted by molar-refractivity contribution is 9.11. The summed E-state index contributed by atoms with van der Waals surface area (Å²) < 4.78 is 2.52. The summed E-state index contributed by atoms with van der Waals surface area (Å²) in [5.74, 6) is 1.01. The molecule has 0 aliphatic carbocycles. The lowest BCUT2D eigenvalue weighted by molar-refractivity contribution is 1.15. The molecule has 4 heteroatoms. The first kappa shape index (κ1) is 8.59. The van der Waals surface area contributed by atoms with Crippen molar-refractivity contribution in [3.05, 3.63) is 15.9 Å². The van der Waals surface area contributed by atoms with E-state index in [1.807, 2.05) is 0 Å². The van der Waals surface area contributed by atoms with Crippen molar-refractivity contribution in [2.75, 3.05) is 12.3 Å². The van der Waals surface area contributed by atoms with Crippen LogP contribution in [0.3, 0.4) is 0 Å². The Balaban J connectivity index is 2.42. The second-order valence-electron chi connectivity index (χ2n) is 1.70. The predicted molar refractivity (Wildman–Crippen MR) is 51.8 cm³/mol. The van der Waals surface area contributed by atoms with E-state index in [2.05, 4.69) is 28.1 Å². The first-order valence-electron chi connectivity index (χ1n) is 2.91. The molecule has 0 unspecified atom stereocenters. The van der Waals surface area contributed by atoms with Gasteiger partial charge < -0.3 is 5.73 Å². The Bertz CT molecular complexity index is 199. The van der Waals surface area contributed by atoms with Crippen LogP contribution in [-0.2, 0) is 0 Å². The van der Waals surface area contributed by atoms with Crippen molar-refractivity contribution in [3.63, 3.8) is 0 Å². The van der Waals surface area contributed by atoms with Gasteiger partial charge in [0.05, 0.1) is 8.00 Å². The van der Waals surface area contributed by atoms with E-state index in [1.54, 1.807) is 23.1 Å². The number of thiophene rings is 1. The molecule has 0 saturated heterocycles. The standard InChI is InChI=1S/C6H8BrNS2/c7-5-1-2-6(10-5)9-4-3-8/h1-2H,3-4,8H2. The van der Waals surface area contributed by atoms with Crippen LogP contribution in [-0.4, -0.2) is 12.3 Å². The molecule has 0 spiro atoms. The fourth-order valence-electron chi connectivity index (χ4n) is 0.535. The molecule has 2 N–H and O–H groups in total. The lowest BCUT2D eigenvalue weighted by atomic mass is 10.7. The summed E-state index contributed by atoms with van der Waals surface area (Å²) in [7, 11) is 0. The first-order chi connectivity index (χ1) is 4.83. The summed E-state index contributed by atoms with van der Waals surface area (Å²) in [6.07, 6.45) is 0. The van der Waals surface area contributed by atoms with Crippen molar-refractivity contribution >= 4 is 39.0 Å². The molecule has 1 heterocycles. The van der Waals surface area contributed by atoms with Crippen molar-refractivity contribution in [2.45, 2.75) is 4.21 Å². The number of hydrogen-bond donors (Lipinski definition) is 1. The van der Waals surface area contributed by atoms with Crippen molar-refractivity contribution in [3.8, 4) is 0 Å². The Labute approximate surface area is 77.1 Å². The number of hydrogen-bond acceptors (Lipinski definition) is 3. The van der Waals surface area contributed by atoms with Gasteiger partial charge in [-0.1, -0.05) is 0 Å². The van der Waals surface area contributed by atoms with Crippen LogP contribution in [0.5, 0.6) is 0 Å². The SMILES string of the molecule is NCCSc1ccc(Br)s1. The van der Waals surface area contributed by atoms with E-state index in [0.717, 1.165) is 12.3 Å². The number of nitrogens with two attached hydrogens (primary N) is 1. The largest absolute Gasteiger partial charge is 0.330 e. The van der Waals surface area contributed by atoms with Crippen LogP contribution in [0.15, 0.2) is 20.1 Å². The Morgan fingerprint density at radius 2 is 2.40 bits per heavy atom. The van der Waals surface area contributed by atoms with E-state index in [0.29, 0.717) is 0 Å². The van der Waals surface area contributed by atoms with Gasteiger partial charge in [0.25, 0.3) is 0 Å². The zero-order chi connectivity index (χ0) is 7.40. The lowest BCUT2D eigenvalue weighted by Gasteiger charge is -1.91. The van der Waals surface area contributed by atoms with Crippen LogP contribution in [0.4, 0.5) is 0 Å². The second-order valence-corrected chi connectivity index (χ2v) is 5.55. The lowest BCUT2D eigenvalue weighted by Crippen LogP contribution is -2.00. The minimum Gasteiger partial charge on any atom is -0.330 e. The summed E-state index contributed by atoms with van der Waals surface area (Å²) in [6.45, 7) is 0.750. The zero-order valence-corrected chi connectivity index (χ0v) is 8.56. The quantitative estimate of drug-likeness (QED) is 0.819. The molecule has 1 aromatic rings. The average Bonchev–Trinajstić information content (AvgIpc) is 2.31. The Kier molecular flexibility index (Phi) is 3.76. The van der Waals surface area contributed by atoms with Crippen LogP contribution in [0.2, 0.25) is 0 Å². The topological polar surface area (TPSA) is 26.0 Å². The molecule has 1 aromatic heterocycles. The molecule has 1 rings (SSSR count). The van der Waals surface area contributed by atoms with Crippen LogP contribution < -0.4 is 5.73 Å². The first-order valence-corrected chi connectivity index (χ1v) is 5.50. The van der Waals surface area contributed by atoms with E-state index in [1.165, 1.54) is 8.00 Å². The number of halogens is 1. The van der Waals surface area contributed by atoms with Crippen molar-refractivity contribution in [2.24, 2.45) is 5.73 Å². The molecule has 0 fully saturated rings. The summed E-state index contributed by atoms with van der Waals surface area (Å²) in [4.78, 5) is 0. The highest BCUT2D eigenvalue weighted by Gasteiger charge is 1.95. The molecule has 56 valence electrons. The van der Waals surface area contributed by atoms with Gasteiger partial charge in [-0.25, -0.2) is 0 Å². The molecule has 0 radical (unpaired) electrons. The monoisotopic (exact) mass is 237 g/mol. The predicted octanol–water partition coefficient (Wildman–Crippen LogP) is 2.56. The van der Waals surface area contributed by atoms with E-state index < -0.39 is 0 Å². The van der Waals surface area contributed by atoms with Gasteiger partial charge in [0.15, 0.2) is 0 Å². The van der Waals surface area contributed by atoms with Crippen molar-refractivity contribution in [1.29, 1.82) is 0 Å². The van der Waals surface area contributed by atoms with Crippen LogP contribution in [0.25, 0.3) is 0 Å². The third-order valence-corrected chi connectivity index (χ3v) is 3.79. The van der Waals surface area contributed by atoms with Crippen LogP contribution in [0.1, 0.15) is 0 Å². The number of thioether (sulfide) groups is 1. The zero-order valence-electron chi connectivity index (χ0n) is 5.34. The van der Waals surface area contributed by atoms with Gasteiger partial charge in [-0.15, -0.1) is 23.1 Å². The third-order valence-electron chi connectivity index (χ3n) is 0.911. The van der Waals surface area contributed by atoms with Gasteiger partial charge in [0.2, 0.25) is 0 Å². The third kappa shape index (κ3) is 2.62. The molecule has 0 amide bonds. The smallest absolute Gasteiger partial charge is 0.0710 e. The molecular formula is C6H8BrNS2.